The molecule has 3 atom stereocenters. The molecule has 2 amide bonds. The third-order valence-electron chi connectivity index (χ3n) is 3.70. The summed E-state index contributed by atoms with van der Waals surface area (Å²) in [5.41, 5.74) is 6.65. The topological polar surface area (TPSA) is 142 Å². The van der Waals surface area contributed by atoms with Gasteiger partial charge in [-0.15, -0.1) is 0 Å². The van der Waals surface area contributed by atoms with Gasteiger partial charge in [-0.1, -0.05) is 26.0 Å². The van der Waals surface area contributed by atoms with Gasteiger partial charge in [-0.05, 0) is 37.0 Å². The standard InChI is InChI=1S/C17H25N3O5/c1-9(2)14(16(23)19-10(3)17(24)25)20-15(22)13(18)8-11-4-6-12(21)7-5-11/h4-7,9-10,13-14,21H,8,18H2,1-3H3,(H,19,23)(H,20,22)(H,24,25). The minimum absolute atomic E-state index is 0.117. The highest BCUT2D eigenvalue weighted by atomic mass is 16.4. The van der Waals surface area contributed by atoms with E-state index in [1.807, 2.05) is 0 Å². The normalized spacial score (nSPS) is 14.4. The van der Waals surface area contributed by atoms with E-state index in [1.165, 1.54) is 19.1 Å². The number of carbonyl (C=O) groups excluding carboxylic acids is 2. The van der Waals surface area contributed by atoms with Gasteiger partial charge in [-0.25, -0.2) is 0 Å². The smallest absolute Gasteiger partial charge is 0.325 e. The number of hydrogen-bond donors (Lipinski definition) is 5. The fraction of sp³-hybridized carbons (Fsp3) is 0.471. The number of phenols is 1. The SMILES string of the molecule is CC(NC(=O)C(NC(=O)C(N)Cc1ccc(O)cc1)C(C)C)C(=O)O. The number of carboxylic acids is 1. The number of aromatic hydroxyl groups is 1. The van der Waals surface area contributed by atoms with Crippen molar-refractivity contribution in [1.82, 2.24) is 10.6 Å². The number of rotatable bonds is 8. The molecule has 1 aromatic carbocycles. The first-order valence-electron chi connectivity index (χ1n) is 7.98. The molecule has 25 heavy (non-hydrogen) atoms. The predicted octanol–water partition coefficient (Wildman–Crippen LogP) is -0.00790. The Kier molecular flexibility index (Phi) is 7.38. The van der Waals surface area contributed by atoms with Crippen molar-refractivity contribution in [3.8, 4) is 5.75 Å². The van der Waals surface area contributed by atoms with Crippen molar-refractivity contribution in [2.75, 3.05) is 0 Å². The molecule has 0 saturated carbocycles. The first-order valence-corrected chi connectivity index (χ1v) is 7.98. The van der Waals surface area contributed by atoms with Crippen molar-refractivity contribution in [2.24, 2.45) is 11.7 Å². The van der Waals surface area contributed by atoms with Gasteiger partial charge in [0.05, 0.1) is 6.04 Å². The zero-order chi connectivity index (χ0) is 19.1. The van der Waals surface area contributed by atoms with Crippen molar-refractivity contribution in [3.05, 3.63) is 29.8 Å². The number of hydrogen-bond acceptors (Lipinski definition) is 5. The summed E-state index contributed by atoms with van der Waals surface area (Å²) in [7, 11) is 0. The first kappa shape index (κ1) is 20.4. The van der Waals surface area contributed by atoms with Gasteiger partial charge in [0.15, 0.2) is 0 Å². The number of nitrogens with one attached hydrogen (secondary N) is 2. The number of carboxylic acid groups (broad SMARTS) is 1. The molecule has 1 rings (SSSR count). The summed E-state index contributed by atoms with van der Waals surface area (Å²) in [5, 5.41) is 23.0. The molecule has 0 heterocycles. The van der Waals surface area contributed by atoms with E-state index in [2.05, 4.69) is 10.6 Å². The molecule has 8 heteroatoms. The molecule has 0 spiro atoms. The summed E-state index contributed by atoms with van der Waals surface area (Å²) in [5.74, 6) is -2.37. The van der Waals surface area contributed by atoms with Gasteiger partial charge < -0.3 is 26.6 Å². The second-order valence-corrected chi connectivity index (χ2v) is 6.28. The van der Waals surface area contributed by atoms with Crippen LogP contribution in [0.15, 0.2) is 24.3 Å². The molecule has 0 aliphatic heterocycles. The van der Waals surface area contributed by atoms with Crippen molar-refractivity contribution in [1.29, 1.82) is 0 Å². The number of nitrogens with two attached hydrogens (primary N) is 1. The van der Waals surface area contributed by atoms with Crippen LogP contribution in [0.2, 0.25) is 0 Å². The zero-order valence-electron chi connectivity index (χ0n) is 14.5. The minimum Gasteiger partial charge on any atom is -0.508 e. The molecule has 0 radical (unpaired) electrons. The summed E-state index contributed by atoms with van der Waals surface area (Å²) in [6, 6.07) is 3.48. The molecule has 0 aliphatic rings. The van der Waals surface area contributed by atoms with Crippen LogP contribution >= 0.6 is 0 Å². The van der Waals surface area contributed by atoms with Crippen molar-refractivity contribution < 1.29 is 24.6 Å². The summed E-state index contributed by atoms with van der Waals surface area (Å²) >= 11 is 0. The largest absolute Gasteiger partial charge is 0.508 e. The molecule has 0 saturated heterocycles. The van der Waals surface area contributed by atoms with Crippen LogP contribution in [-0.4, -0.2) is 46.1 Å². The number of phenolic OH excluding ortho intramolecular Hbond substituents is 1. The highest BCUT2D eigenvalue weighted by Crippen LogP contribution is 2.11. The summed E-state index contributed by atoms with van der Waals surface area (Å²) in [6.07, 6.45) is 0.240. The molecule has 0 aromatic heterocycles. The molecule has 0 bridgehead atoms. The van der Waals surface area contributed by atoms with Crippen LogP contribution in [0.4, 0.5) is 0 Å². The second kappa shape index (κ2) is 9.03. The van der Waals surface area contributed by atoms with Crippen LogP contribution in [0.5, 0.6) is 5.75 Å². The van der Waals surface area contributed by atoms with E-state index in [0.29, 0.717) is 0 Å². The van der Waals surface area contributed by atoms with Crippen LogP contribution in [0.3, 0.4) is 0 Å². The highest BCUT2D eigenvalue weighted by Gasteiger charge is 2.28. The lowest BCUT2D eigenvalue weighted by atomic mass is 10.0. The maximum absolute atomic E-state index is 12.3. The van der Waals surface area contributed by atoms with Gasteiger partial charge in [0.2, 0.25) is 11.8 Å². The fourth-order valence-corrected chi connectivity index (χ4v) is 2.14. The molecule has 1 aromatic rings. The number of carbonyl (C=O) groups is 3. The van der Waals surface area contributed by atoms with Gasteiger partial charge in [0.25, 0.3) is 0 Å². The van der Waals surface area contributed by atoms with E-state index >= 15 is 0 Å². The Hall–Kier alpha value is -2.61. The molecular weight excluding hydrogens is 326 g/mol. The van der Waals surface area contributed by atoms with Crippen molar-refractivity contribution in [3.63, 3.8) is 0 Å². The average molecular weight is 351 g/mol. The lowest BCUT2D eigenvalue weighted by Gasteiger charge is -2.24. The van der Waals surface area contributed by atoms with E-state index in [0.717, 1.165) is 5.56 Å². The second-order valence-electron chi connectivity index (χ2n) is 6.28. The lowest BCUT2D eigenvalue weighted by molar-refractivity contribution is -0.142. The maximum Gasteiger partial charge on any atom is 0.325 e. The quantitative estimate of drug-likeness (QED) is 0.446. The molecule has 138 valence electrons. The third kappa shape index (κ3) is 6.42. The average Bonchev–Trinajstić information content (AvgIpc) is 2.53. The summed E-state index contributed by atoms with van der Waals surface area (Å²) in [4.78, 5) is 35.3. The van der Waals surface area contributed by atoms with E-state index in [1.54, 1.807) is 26.0 Å². The fourth-order valence-electron chi connectivity index (χ4n) is 2.14. The number of aliphatic carboxylic acids is 1. The molecular formula is C17H25N3O5. The summed E-state index contributed by atoms with van der Waals surface area (Å²) in [6.45, 7) is 4.82. The minimum atomic E-state index is -1.16. The van der Waals surface area contributed by atoms with Crippen LogP contribution in [0.25, 0.3) is 0 Å². The Morgan fingerprint density at radius 3 is 2.08 bits per heavy atom. The lowest BCUT2D eigenvalue weighted by Crippen LogP contribution is -2.56. The maximum atomic E-state index is 12.3. The van der Waals surface area contributed by atoms with Crippen LogP contribution < -0.4 is 16.4 Å². The predicted molar refractivity (Wildman–Crippen MR) is 91.8 cm³/mol. The van der Waals surface area contributed by atoms with Gasteiger partial charge in [-0.2, -0.15) is 0 Å². The highest BCUT2D eigenvalue weighted by molar-refractivity contribution is 5.91. The Bertz CT molecular complexity index is 615. The molecule has 0 fully saturated rings. The number of benzene rings is 1. The van der Waals surface area contributed by atoms with Crippen LogP contribution in [0, 0.1) is 5.92 Å². The summed E-state index contributed by atoms with van der Waals surface area (Å²) < 4.78 is 0. The van der Waals surface area contributed by atoms with E-state index in [-0.39, 0.29) is 18.1 Å². The van der Waals surface area contributed by atoms with Crippen molar-refractivity contribution >= 4 is 17.8 Å². The monoisotopic (exact) mass is 351 g/mol. The Morgan fingerprint density at radius 1 is 1.04 bits per heavy atom. The van der Waals surface area contributed by atoms with Crippen LogP contribution in [-0.2, 0) is 20.8 Å². The van der Waals surface area contributed by atoms with E-state index < -0.39 is 35.9 Å². The van der Waals surface area contributed by atoms with E-state index in [9.17, 15) is 19.5 Å². The van der Waals surface area contributed by atoms with Gasteiger partial charge in [0.1, 0.15) is 17.8 Å². The van der Waals surface area contributed by atoms with Crippen LogP contribution in [0.1, 0.15) is 26.3 Å². The third-order valence-corrected chi connectivity index (χ3v) is 3.70. The Labute approximate surface area is 146 Å². The van der Waals surface area contributed by atoms with Gasteiger partial charge >= 0.3 is 5.97 Å². The molecule has 8 nitrogen and oxygen atoms in total. The first-order chi connectivity index (χ1) is 11.6. The Morgan fingerprint density at radius 2 is 1.60 bits per heavy atom. The zero-order valence-corrected chi connectivity index (χ0v) is 14.5. The molecule has 0 aliphatic carbocycles. The van der Waals surface area contributed by atoms with E-state index in [4.69, 9.17) is 10.8 Å². The van der Waals surface area contributed by atoms with Gasteiger partial charge in [-0.3, -0.25) is 14.4 Å². The number of amides is 2. The van der Waals surface area contributed by atoms with Gasteiger partial charge in [0, 0.05) is 0 Å². The molecule has 3 unspecified atom stereocenters. The Balaban J connectivity index is 2.70. The molecule has 6 N–H and O–H groups in total. The van der Waals surface area contributed by atoms with Crippen molar-refractivity contribution in [2.45, 2.75) is 45.3 Å².